The van der Waals surface area contributed by atoms with Gasteiger partial charge in [0, 0.05) is 29.4 Å². The van der Waals surface area contributed by atoms with Gasteiger partial charge in [-0.2, -0.15) is 0 Å². The van der Waals surface area contributed by atoms with Crippen LogP contribution in [0.5, 0.6) is 5.75 Å². The molecule has 2 aromatic heterocycles. The summed E-state index contributed by atoms with van der Waals surface area (Å²) in [6, 6.07) is 15.1. The lowest BCUT2D eigenvalue weighted by Gasteiger charge is -2.78. The number of esters is 1. The molecule has 0 amide bonds. The average Bonchev–Trinajstić information content (AvgIpc) is 3.52. The van der Waals surface area contributed by atoms with Crippen molar-refractivity contribution in [2.75, 3.05) is 20.2 Å². The zero-order valence-electron chi connectivity index (χ0n) is 19.4. The number of aliphatic hydroxyl groups is 1. The maximum absolute atomic E-state index is 13.5. The smallest absolute Gasteiger partial charge is 0.349 e. The molecule has 0 saturated heterocycles. The van der Waals surface area contributed by atoms with E-state index in [0.29, 0.717) is 44.7 Å². The van der Waals surface area contributed by atoms with Gasteiger partial charge >= 0.3 is 5.97 Å². The molecule has 3 fully saturated rings. The Morgan fingerprint density at radius 1 is 1.20 bits per heavy atom. The molecule has 184 valence electrons. The highest BCUT2D eigenvalue weighted by molar-refractivity contribution is 7.12. The second-order valence-corrected chi connectivity index (χ2v) is 12.3. The first kappa shape index (κ1) is 23.5. The second kappa shape index (κ2) is 8.89. The number of benzene rings is 1. The van der Waals surface area contributed by atoms with Gasteiger partial charge in [-0.25, -0.2) is 4.79 Å². The van der Waals surface area contributed by atoms with Crippen molar-refractivity contribution in [2.24, 2.45) is 17.3 Å². The van der Waals surface area contributed by atoms with Crippen LogP contribution in [0.25, 0.3) is 0 Å². The summed E-state index contributed by atoms with van der Waals surface area (Å²) < 4.78 is 12.1. The monoisotopic (exact) mass is 529 g/mol. The Balaban J connectivity index is 1.13. The van der Waals surface area contributed by atoms with Gasteiger partial charge in [0.05, 0.1) is 9.75 Å². The SMILES string of the molecule is CN(CCOc1cccc(Cl)c1)C1CC23CCC2C(OC(=O)C(O)(c2cccs2)c2cccs2)C13. The summed E-state index contributed by atoms with van der Waals surface area (Å²) in [5, 5.41) is 16.1. The van der Waals surface area contributed by atoms with Crippen LogP contribution in [0, 0.1) is 17.3 Å². The number of carbonyl (C=O) groups is 1. The molecule has 0 bridgehead atoms. The van der Waals surface area contributed by atoms with Crippen molar-refractivity contribution in [1.29, 1.82) is 0 Å². The van der Waals surface area contributed by atoms with Crippen molar-refractivity contribution in [2.45, 2.75) is 37.0 Å². The summed E-state index contributed by atoms with van der Waals surface area (Å²) in [5.74, 6) is 0.953. The van der Waals surface area contributed by atoms with Gasteiger partial charge < -0.3 is 14.6 Å². The number of rotatable bonds is 9. The van der Waals surface area contributed by atoms with Gasteiger partial charge in [-0.05, 0) is 72.8 Å². The molecule has 1 spiro atoms. The van der Waals surface area contributed by atoms with Gasteiger partial charge in [-0.15, -0.1) is 22.7 Å². The van der Waals surface area contributed by atoms with Crippen LogP contribution in [-0.4, -0.2) is 48.3 Å². The van der Waals surface area contributed by atoms with Crippen molar-refractivity contribution in [3.8, 4) is 5.75 Å². The molecule has 5 unspecified atom stereocenters. The summed E-state index contributed by atoms with van der Waals surface area (Å²) in [5.41, 5.74) is -1.43. The molecule has 0 radical (unpaired) electrons. The molecule has 3 aliphatic rings. The van der Waals surface area contributed by atoms with Crippen LogP contribution in [0.4, 0.5) is 0 Å². The quantitative estimate of drug-likeness (QED) is 0.375. The molecule has 5 nitrogen and oxygen atoms in total. The van der Waals surface area contributed by atoms with Gasteiger partial charge in [-0.3, -0.25) is 4.90 Å². The molecule has 8 heteroatoms. The highest BCUT2D eigenvalue weighted by Crippen LogP contribution is 2.76. The zero-order chi connectivity index (χ0) is 24.2. The minimum Gasteiger partial charge on any atom is -0.492 e. The number of thiophene rings is 2. The number of hydrogen-bond acceptors (Lipinski definition) is 7. The highest BCUT2D eigenvalue weighted by atomic mass is 35.5. The molecule has 2 heterocycles. The fraction of sp³-hybridized carbons (Fsp3) is 0.444. The lowest BCUT2D eigenvalue weighted by atomic mass is 9.30. The van der Waals surface area contributed by atoms with Gasteiger partial charge in [0.1, 0.15) is 18.5 Å². The van der Waals surface area contributed by atoms with Crippen LogP contribution in [0.3, 0.4) is 0 Å². The standard InChI is InChI=1S/C27H28ClNO4S2/c1-29(11-12-32-18-6-2-5-17(28)15-18)20-16-26-10-9-19(26)24(23(20)26)33-25(30)27(31,21-7-3-13-34-21)22-8-4-14-35-22/h2-8,13-15,19-20,23-24,31H,9-12,16H2,1H3. The van der Waals surface area contributed by atoms with E-state index in [1.807, 2.05) is 47.2 Å². The van der Waals surface area contributed by atoms with E-state index in [1.165, 1.54) is 29.1 Å². The Morgan fingerprint density at radius 2 is 1.94 bits per heavy atom. The van der Waals surface area contributed by atoms with Crippen LogP contribution in [0.15, 0.2) is 59.3 Å². The predicted octanol–water partition coefficient (Wildman–Crippen LogP) is 5.42. The fourth-order valence-corrected chi connectivity index (χ4v) is 8.40. The maximum Gasteiger partial charge on any atom is 0.349 e. The van der Waals surface area contributed by atoms with E-state index in [9.17, 15) is 9.90 Å². The maximum atomic E-state index is 13.5. The van der Waals surface area contributed by atoms with Crippen molar-refractivity contribution in [3.05, 3.63) is 74.1 Å². The third-order valence-corrected chi connectivity index (χ3v) is 10.6. The lowest BCUT2D eigenvalue weighted by molar-refractivity contribution is -0.327. The van der Waals surface area contributed by atoms with Gasteiger partial charge in [0.25, 0.3) is 0 Å². The first-order valence-electron chi connectivity index (χ1n) is 12.0. The first-order chi connectivity index (χ1) is 16.9. The normalized spacial score (nSPS) is 28.8. The lowest BCUT2D eigenvalue weighted by Crippen LogP contribution is -2.80. The van der Waals surface area contributed by atoms with Gasteiger partial charge in [0.15, 0.2) is 0 Å². The molecule has 1 aromatic carbocycles. The zero-order valence-corrected chi connectivity index (χ0v) is 21.8. The summed E-state index contributed by atoms with van der Waals surface area (Å²) in [6.45, 7) is 1.35. The van der Waals surface area contributed by atoms with Gasteiger partial charge in [0.2, 0.25) is 5.60 Å². The summed E-state index contributed by atoms with van der Waals surface area (Å²) in [7, 11) is 2.12. The molecule has 5 atom stereocenters. The molecule has 1 N–H and O–H groups in total. The van der Waals surface area contributed by atoms with E-state index in [0.717, 1.165) is 25.1 Å². The summed E-state index contributed by atoms with van der Waals surface area (Å²) in [6.07, 6.45) is 3.31. The van der Waals surface area contributed by atoms with E-state index >= 15 is 0 Å². The molecular weight excluding hydrogens is 502 g/mol. The van der Waals surface area contributed by atoms with E-state index in [1.54, 1.807) is 12.1 Å². The average molecular weight is 530 g/mol. The number of hydrogen-bond donors (Lipinski definition) is 1. The fourth-order valence-electron chi connectivity index (χ4n) is 6.51. The molecule has 3 saturated carbocycles. The van der Waals surface area contributed by atoms with Crippen molar-refractivity contribution >= 4 is 40.2 Å². The molecule has 0 aliphatic heterocycles. The minimum absolute atomic E-state index is 0.141. The minimum atomic E-state index is -1.75. The van der Waals surface area contributed by atoms with Crippen LogP contribution in [0.1, 0.15) is 29.0 Å². The second-order valence-electron chi connectivity index (χ2n) is 10.00. The van der Waals surface area contributed by atoms with E-state index in [2.05, 4.69) is 11.9 Å². The van der Waals surface area contributed by atoms with Crippen LogP contribution >= 0.6 is 34.3 Å². The Labute approximate surface area is 218 Å². The third-order valence-electron chi connectivity index (χ3n) is 8.45. The largest absolute Gasteiger partial charge is 0.492 e. The predicted molar refractivity (Wildman–Crippen MR) is 138 cm³/mol. The highest BCUT2D eigenvalue weighted by Gasteiger charge is 2.77. The topological polar surface area (TPSA) is 59.0 Å². The molecule has 6 rings (SSSR count). The Kier molecular flexibility index (Phi) is 5.97. The van der Waals surface area contributed by atoms with E-state index < -0.39 is 11.6 Å². The first-order valence-corrected chi connectivity index (χ1v) is 14.2. The van der Waals surface area contributed by atoms with Crippen LogP contribution < -0.4 is 4.74 Å². The van der Waals surface area contributed by atoms with Crippen molar-refractivity contribution in [3.63, 3.8) is 0 Å². The summed E-state index contributed by atoms with van der Waals surface area (Å²) >= 11 is 8.81. The molecular formula is C27H28ClNO4S2. The Morgan fingerprint density at radius 3 is 2.54 bits per heavy atom. The van der Waals surface area contributed by atoms with Crippen LogP contribution in [0.2, 0.25) is 5.02 Å². The third kappa shape index (κ3) is 3.66. The van der Waals surface area contributed by atoms with Crippen molar-refractivity contribution in [1.82, 2.24) is 4.90 Å². The number of ether oxygens (including phenoxy) is 2. The van der Waals surface area contributed by atoms with E-state index in [4.69, 9.17) is 21.1 Å². The number of halogens is 1. The van der Waals surface area contributed by atoms with Crippen molar-refractivity contribution < 1.29 is 19.4 Å². The molecule has 3 aliphatic carbocycles. The Bertz CT molecular complexity index is 1170. The number of nitrogens with zero attached hydrogens (tertiary/aromatic N) is 1. The van der Waals surface area contributed by atoms with Crippen LogP contribution in [-0.2, 0) is 15.1 Å². The Hall–Kier alpha value is -1.90. The van der Waals surface area contributed by atoms with E-state index in [-0.39, 0.29) is 6.10 Å². The number of carbonyl (C=O) groups excluding carboxylic acids is 1. The molecule has 3 aromatic rings. The number of likely N-dealkylation sites (N-methyl/N-ethyl adjacent to an activating group) is 1. The van der Waals surface area contributed by atoms with Gasteiger partial charge in [-0.1, -0.05) is 29.8 Å². The summed E-state index contributed by atoms with van der Waals surface area (Å²) in [4.78, 5) is 17.1. The molecule has 35 heavy (non-hydrogen) atoms.